The molecule has 0 saturated heterocycles. The van der Waals surface area contributed by atoms with Crippen LogP contribution >= 0.6 is 0 Å². The van der Waals surface area contributed by atoms with Crippen molar-refractivity contribution >= 4 is 25.7 Å². The summed E-state index contributed by atoms with van der Waals surface area (Å²) >= 11 is 0. The summed E-state index contributed by atoms with van der Waals surface area (Å²) in [5.41, 5.74) is 2.22. The summed E-state index contributed by atoms with van der Waals surface area (Å²) < 4.78 is 61.1. The van der Waals surface area contributed by atoms with Crippen LogP contribution in [0.5, 0.6) is 5.75 Å². The molecule has 0 spiro atoms. The molecule has 2 rings (SSSR count). The molecule has 28 heavy (non-hydrogen) atoms. The third-order valence-corrected chi connectivity index (χ3v) is 7.32. The molecule has 0 unspecified atom stereocenters. The van der Waals surface area contributed by atoms with E-state index in [4.69, 9.17) is 4.74 Å². The monoisotopic (exact) mass is 426 g/mol. The second kappa shape index (κ2) is 8.10. The van der Waals surface area contributed by atoms with Gasteiger partial charge in [-0.05, 0) is 63.9 Å². The Morgan fingerprint density at radius 1 is 0.893 bits per heavy atom. The zero-order valence-electron chi connectivity index (χ0n) is 16.8. The number of hydrogen-bond donors (Lipinski definition) is 2. The van der Waals surface area contributed by atoms with Gasteiger partial charge in [-0.1, -0.05) is 17.7 Å². The van der Waals surface area contributed by atoms with Crippen molar-refractivity contribution < 1.29 is 21.6 Å². The summed E-state index contributed by atoms with van der Waals surface area (Å²) in [5.74, 6) is 0.217. The van der Waals surface area contributed by atoms with Gasteiger partial charge in [0.05, 0.1) is 22.6 Å². The van der Waals surface area contributed by atoms with Crippen LogP contribution in [-0.2, 0) is 20.0 Å². The van der Waals surface area contributed by atoms with Crippen LogP contribution in [-0.4, -0.2) is 30.0 Å². The topological polar surface area (TPSA) is 102 Å². The Bertz CT molecular complexity index is 1070. The van der Waals surface area contributed by atoms with E-state index in [-0.39, 0.29) is 27.3 Å². The van der Waals surface area contributed by atoms with Crippen LogP contribution in [0.3, 0.4) is 0 Å². The minimum atomic E-state index is -3.95. The Balaban J connectivity index is 2.55. The highest BCUT2D eigenvalue weighted by atomic mass is 32.2. The quantitative estimate of drug-likeness (QED) is 0.708. The fraction of sp³-hybridized carbons (Fsp3) is 0.368. The summed E-state index contributed by atoms with van der Waals surface area (Å²) in [6.45, 7) is 8.74. The maximum Gasteiger partial charge on any atom is 0.262 e. The van der Waals surface area contributed by atoms with Gasteiger partial charge >= 0.3 is 0 Å². The number of anilines is 1. The lowest BCUT2D eigenvalue weighted by Gasteiger charge is -2.17. The van der Waals surface area contributed by atoms with Crippen LogP contribution in [0.25, 0.3) is 0 Å². The lowest BCUT2D eigenvalue weighted by molar-refractivity contribution is 0.416. The van der Waals surface area contributed by atoms with E-state index in [9.17, 15) is 16.8 Å². The molecule has 154 valence electrons. The second-order valence-corrected chi connectivity index (χ2v) is 10.3. The molecule has 7 nitrogen and oxygen atoms in total. The Labute approximate surface area is 167 Å². The number of sulfonamides is 2. The average molecular weight is 427 g/mol. The van der Waals surface area contributed by atoms with E-state index in [1.807, 2.05) is 6.92 Å². The Morgan fingerprint density at radius 3 is 1.96 bits per heavy atom. The summed E-state index contributed by atoms with van der Waals surface area (Å²) in [5, 5.41) is 0. The van der Waals surface area contributed by atoms with Crippen LogP contribution in [0.15, 0.2) is 40.1 Å². The first-order chi connectivity index (χ1) is 12.9. The zero-order valence-corrected chi connectivity index (χ0v) is 18.5. The van der Waals surface area contributed by atoms with Gasteiger partial charge in [0.15, 0.2) is 0 Å². The Hall–Kier alpha value is -2.10. The minimum Gasteiger partial charge on any atom is -0.495 e. The number of rotatable bonds is 7. The van der Waals surface area contributed by atoms with Crippen LogP contribution in [0.2, 0.25) is 0 Å². The molecule has 0 aromatic heterocycles. The maximum absolute atomic E-state index is 13.0. The highest BCUT2D eigenvalue weighted by Crippen LogP contribution is 2.31. The van der Waals surface area contributed by atoms with Crippen LogP contribution in [0.1, 0.15) is 30.5 Å². The van der Waals surface area contributed by atoms with Gasteiger partial charge in [-0.25, -0.2) is 21.6 Å². The van der Waals surface area contributed by atoms with Gasteiger partial charge in [-0.15, -0.1) is 0 Å². The molecule has 0 aliphatic rings. The Kier molecular flexibility index (Phi) is 6.42. The molecule has 2 N–H and O–H groups in total. The van der Waals surface area contributed by atoms with E-state index in [1.165, 1.54) is 25.3 Å². The van der Waals surface area contributed by atoms with Crippen molar-refractivity contribution in [3.8, 4) is 5.75 Å². The molecule has 0 fully saturated rings. The molecule has 0 bridgehead atoms. The maximum atomic E-state index is 13.0. The van der Waals surface area contributed by atoms with Crippen molar-refractivity contribution in [3.63, 3.8) is 0 Å². The van der Waals surface area contributed by atoms with Crippen molar-refractivity contribution in [1.29, 1.82) is 0 Å². The molecule has 0 heterocycles. The highest BCUT2D eigenvalue weighted by Gasteiger charge is 2.23. The van der Waals surface area contributed by atoms with Crippen molar-refractivity contribution in [1.82, 2.24) is 4.72 Å². The normalized spacial score (nSPS) is 12.2. The number of nitrogens with one attached hydrogen (secondary N) is 2. The molecule has 2 aromatic rings. The molecule has 0 aliphatic carbocycles. The van der Waals surface area contributed by atoms with Gasteiger partial charge in [-0.3, -0.25) is 4.72 Å². The van der Waals surface area contributed by atoms with E-state index >= 15 is 0 Å². The summed E-state index contributed by atoms with van der Waals surface area (Å²) in [7, 11) is -6.36. The number of methoxy groups -OCH3 is 1. The predicted molar refractivity (Wildman–Crippen MR) is 110 cm³/mol. The smallest absolute Gasteiger partial charge is 0.262 e. The van der Waals surface area contributed by atoms with Crippen LogP contribution in [0.4, 0.5) is 5.69 Å². The van der Waals surface area contributed by atoms with Crippen molar-refractivity contribution in [3.05, 3.63) is 47.0 Å². The predicted octanol–water partition coefficient (Wildman–Crippen LogP) is 3.11. The first-order valence-corrected chi connectivity index (χ1v) is 11.6. The van der Waals surface area contributed by atoms with Crippen LogP contribution < -0.4 is 14.2 Å². The molecular formula is C19H26N2O5S2. The highest BCUT2D eigenvalue weighted by molar-refractivity contribution is 7.93. The van der Waals surface area contributed by atoms with E-state index in [0.717, 1.165) is 5.56 Å². The summed E-state index contributed by atoms with van der Waals surface area (Å²) in [6, 6.07) is 7.30. The standard InChI is InChI=1S/C19H26N2O5S2/c1-12(2)20-27(22,23)16-7-8-18(26-6)17(11-16)21-28(24,25)19-14(4)9-13(3)10-15(19)5/h7-12,20-21H,1-6H3. The minimum absolute atomic E-state index is 0.0495. The van der Waals surface area contributed by atoms with Crippen LogP contribution in [0, 0.1) is 20.8 Å². The van der Waals surface area contributed by atoms with Gasteiger partial charge in [-0.2, -0.15) is 0 Å². The fourth-order valence-corrected chi connectivity index (χ4v) is 5.89. The third-order valence-electron chi connectivity index (χ3n) is 3.99. The molecule has 0 radical (unpaired) electrons. The number of aryl methyl sites for hydroxylation is 3. The van der Waals surface area contributed by atoms with E-state index in [2.05, 4.69) is 9.44 Å². The van der Waals surface area contributed by atoms with Crippen molar-refractivity contribution in [2.45, 2.75) is 50.5 Å². The number of hydrogen-bond acceptors (Lipinski definition) is 5. The fourth-order valence-electron chi connectivity index (χ4n) is 3.10. The van der Waals surface area contributed by atoms with Gasteiger partial charge in [0.2, 0.25) is 10.0 Å². The van der Waals surface area contributed by atoms with Gasteiger partial charge in [0.1, 0.15) is 5.75 Å². The van der Waals surface area contributed by atoms with E-state index in [1.54, 1.807) is 39.8 Å². The molecule has 0 saturated carbocycles. The lowest BCUT2D eigenvalue weighted by atomic mass is 10.1. The molecule has 0 aliphatic heterocycles. The van der Waals surface area contributed by atoms with Gasteiger partial charge in [0, 0.05) is 6.04 Å². The van der Waals surface area contributed by atoms with Crippen molar-refractivity contribution in [2.75, 3.05) is 11.8 Å². The number of benzene rings is 2. The van der Waals surface area contributed by atoms with Gasteiger partial charge < -0.3 is 4.74 Å². The SMILES string of the molecule is COc1ccc(S(=O)(=O)NC(C)C)cc1NS(=O)(=O)c1c(C)cc(C)cc1C. The molecule has 2 aromatic carbocycles. The summed E-state index contributed by atoms with van der Waals surface area (Å²) in [6.07, 6.45) is 0. The average Bonchev–Trinajstić information content (AvgIpc) is 2.51. The first-order valence-electron chi connectivity index (χ1n) is 8.68. The zero-order chi connectivity index (χ0) is 21.3. The first kappa shape index (κ1) is 22.2. The largest absolute Gasteiger partial charge is 0.495 e. The van der Waals surface area contributed by atoms with Crippen molar-refractivity contribution in [2.24, 2.45) is 0 Å². The number of ether oxygens (including phenoxy) is 1. The molecule has 9 heteroatoms. The Morgan fingerprint density at radius 2 is 1.46 bits per heavy atom. The lowest BCUT2D eigenvalue weighted by Crippen LogP contribution is -2.30. The summed E-state index contributed by atoms with van der Waals surface area (Å²) in [4.78, 5) is 0.103. The molecule has 0 amide bonds. The third kappa shape index (κ3) is 4.84. The second-order valence-electron chi connectivity index (χ2n) is 6.97. The molecular weight excluding hydrogens is 400 g/mol. The van der Waals surface area contributed by atoms with E-state index < -0.39 is 20.0 Å². The van der Waals surface area contributed by atoms with Gasteiger partial charge in [0.25, 0.3) is 10.0 Å². The molecule has 0 atom stereocenters. The van der Waals surface area contributed by atoms with E-state index in [0.29, 0.717) is 11.1 Å².